The number of pyridine rings is 4. The van der Waals surface area contributed by atoms with Crippen LogP contribution < -0.4 is 37.9 Å². The summed E-state index contributed by atoms with van der Waals surface area (Å²) in [5.41, 5.74) is 6.81. The van der Waals surface area contributed by atoms with Gasteiger partial charge < -0.3 is 37.9 Å². The molecule has 16 heteroatoms. The Morgan fingerprint density at radius 1 is 0.240 bits per heavy atom. The van der Waals surface area contributed by atoms with Crippen molar-refractivity contribution in [3.8, 4) is 46.0 Å². The Morgan fingerprint density at radius 2 is 0.423 bits per heavy atom. The number of nitrogens with zero attached hydrogens (tertiary/aromatic N) is 4. The van der Waals surface area contributed by atoms with Crippen LogP contribution >= 0.6 is 47.0 Å². The minimum atomic E-state index is -0.284. The van der Waals surface area contributed by atoms with Crippen LogP contribution in [0.2, 0.25) is 0 Å². The van der Waals surface area contributed by atoms with Gasteiger partial charge in [0.05, 0.1) is 92.0 Å². The van der Waals surface area contributed by atoms with Crippen molar-refractivity contribution in [3.63, 3.8) is 0 Å². The number of ether oxygens (including phenoxy) is 8. The Labute approximate surface area is 629 Å². The molecule has 0 radical (unpaired) electrons. The monoisotopic (exact) mass is 1460 g/mol. The quantitative estimate of drug-likeness (QED) is 0.0532. The lowest BCUT2D eigenvalue weighted by Crippen LogP contribution is -2.14. The summed E-state index contributed by atoms with van der Waals surface area (Å²) in [4.78, 5) is 26.4. The molecule has 0 amide bonds. The molecular formula is C88H92N4O8S4. The molecule has 0 N–H and O–H groups in total. The van der Waals surface area contributed by atoms with E-state index in [1.807, 2.05) is 97.6 Å². The van der Waals surface area contributed by atoms with Crippen molar-refractivity contribution in [3.05, 3.63) is 217 Å². The van der Waals surface area contributed by atoms with Gasteiger partial charge in [-0.05, 0) is 141 Å². The fourth-order valence-corrected chi connectivity index (χ4v) is 16.9. The first-order valence-electron chi connectivity index (χ1n) is 35.9. The molecule has 104 heavy (non-hydrogen) atoms. The van der Waals surface area contributed by atoms with Crippen LogP contribution in [0.25, 0.3) is 43.6 Å². The van der Waals surface area contributed by atoms with Crippen LogP contribution in [0.5, 0.6) is 46.0 Å². The molecule has 8 bridgehead atoms. The highest BCUT2D eigenvalue weighted by molar-refractivity contribution is 8.01. The van der Waals surface area contributed by atoms with E-state index in [1.165, 1.54) is 0 Å². The van der Waals surface area contributed by atoms with Crippen molar-refractivity contribution in [2.45, 2.75) is 170 Å². The van der Waals surface area contributed by atoms with Crippen molar-refractivity contribution in [1.29, 1.82) is 0 Å². The van der Waals surface area contributed by atoms with Gasteiger partial charge in [-0.2, -0.15) is 0 Å². The first-order chi connectivity index (χ1) is 50.1. The summed E-state index contributed by atoms with van der Waals surface area (Å²) in [5, 5.41) is 4.11. The fourth-order valence-electron chi connectivity index (χ4n) is 12.1. The molecule has 0 spiro atoms. The van der Waals surface area contributed by atoms with Crippen LogP contribution in [-0.4, -0.2) is 72.8 Å². The van der Waals surface area contributed by atoms with E-state index >= 15 is 0 Å². The highest BCUT2D eigenvalue weighted by atomic mass is 32.2. The number of fused-ring (bicyclic) bond motifs is 12. The number of aromatic nitrogens is 4. The molecule has 0 unspecified atom stereocenters. The van der Waals surface area contributed by atoms with E-state index in [9.17, 15) is 0 Å². The maximum atomic E-state index is 7.39. The molecule has 0 aliphatic carbocycles. The van der Waals surface area contributed by atoms with E-state index in [-0.39, 0.29) is 21.7 Å². The van der Waals surface area contributed by atoms with Crippen LogP contribution in [0.1, 0.15) is 131 Å². The van der Waals surface area contributed by atoms with Crippen molar-refractivity contribution in [2.75, 3.05) is 52.9 Å². The van der Waals surface area contributed by atoms with Gasteiger partial charge in [-0.1, -0.05) is 203 Å². The maximum absolute atomic E-state index is 7.39. The molecule has 13 rings (SSSR count). The van der Waals surface area contributed by atoms with Gasteiger partial charge in [0, 0.05) is 72.0 Å². The average molecular weight is 1460 g/mol. The molecule has 4 aromatic heterocycles. The summed E-state index contributed by atoms with van der Waals surface area (Å²) < 4.78 is 55.7. The fraction of sp³-hybridized carbons (Fsp3) is 0.318. The largest absolute Gasteiger partial charge is 0.491 e. The standard InChI is InChI=1S/C88H92N4O8S4/c1-85(2,3)61-49-69-81(97-45-21-41-93-65-33-13-25-57-29-17-37-89-77(57)65)70(50-61)102-72-52-63(87(7,8)9)54-74(83(72)99-47-23-43-95-67-35-15-27-59-31-19-39-91-79(59)67)104-76-56-64(88(10,11)12)55-75(84(76)100-48-24-44-96-68-36-16-28-60-32-20-40-92-80(60)68)103-73-53-62(86(4,5)6)51-71(101-69)82(73)98-46-22-42-94-66-34-14-26-58-30-18-38-90-78(58)66/h13-20,25-40,49-56H,21-24,41-48H2,1-12H3. The smallest absolute Gasteiger partial charge is 0.147 e. The molecule has 536 valence electrons. The molecule has 12 aromatic rings. The average Bonchev–Trinajstić information content (AvgIpc) is 0.760. The molecular weight excluding hydrogens is 1370 g/mol. The van der Waals surface area contributed by atoms with E-state index in [1.54, 1.807) is 47.0 Å². The molecule has 8 aromatic carbocycles. The lowest BCUT2D eigenvalue weighted by Gasteiger charge is -2.28. The van der Waals surface area contributed by atoms with Gasteiger partial charge in [0.2, 0.25) is 0 Å². The minimum absolute atomic E-state index is 0.284. The van der Waals surface area contributed by atoms with Crippen molar-refractivity contribution < 1.29 is 37.9 Å². The van der Waals surface area contributed by atoms with Crippen LogP contribution in [0.3, 0.4) is 0 Å². The Bertz CT molecular complexity index is 4300. The minimum Gasteiger partial charge on any atom is -0.491 e. The molecule has 1 aliphatic heterocycles. The first kappa shape index (κ1) is 73.5. The van der Waals surface area contributed by atoms with Gasteiger partial charge in [-0.3, -0.25) is 19.9 Å². The molecule has 5 heterocycles. The topological polar surface area (TPSA) is 125 Å². The Hall–Kier alpha value is -8.80. The van der Waals surface area contributed by atoms with Gasteiger partial charge in [-0.25, -0.2) is 0 Å². The molecule has 0 saturated heterocycles. The van der Waals surface area contributed by atoms with Crippen LogP contribution in [0.4, 0.5) is 0 Å². The van der Waals surface area contributed by atoms with Gasteiger partial charge in [-0.15, -0.1) is 0 Å². The lowest BCUT2D eigenvalue weighted by atomic mass is 9.87. The summed E-state index contributed by atoms with van der Waals surface area (Å²) in [6.07, 6.45) is 9.65. The summed E-state index contributed by atoms with van der Waals surface area (Å²) >= 11 is 6.76. The molecule has 0 fully saturated rings. The normalized spacial score (nSPS) is 12.7. The van der Waals surface area contributed by atoms with Crippen molar-refractivity contribution >= 4 is 90.7 Å². The van der Waals surface area contributed by atoms with Crippen LogP contribution in [0.15, 0.2) is 234 Å². The molecule has 12 nitrogen and oxygen atoms in total. The van der Waals surface area contributed by atoms with Crippen molar-refractivity contribution in [2.24, 2.45) is 0 Å². The Morgan fingerprint density at radius 3 is 0.615 bits per heavy atom. The van der Waals surface area contributed by atoms with E-state index in [4.69, 9.17) is 57.8 Å². The third-order valence-electron chi connectivity index (χ3n) is 18.0. The molecule has 0 saturated carbocycles. The lowest BCUT2D eigenvalue weighted by molar-refractivity contribution is 0.241. The summed E-state index contributed by atoms with van der Waals surface area (Å²) in [6.45, 7) is 30.5. The van der Waals surface area contributed by atoms with Gasteiger partial charge in [0.15, 0.2) is 0 Å². The number of rotatable bonds is 24. The molecule has 0 atom stereocenters. The predicted molar refractivity (Wildman–Crippen MR) is 426 cm³/mol. The van der Waals surface area contributed by atoms with E-state index in [2.05, 4.69) is 180 Å². The zero-order valence-corrected chi connectivity index (χ0v) is 64.9. The number of para-hydroxylation sites is 4. The Balaban J connectivity index is 0.957. The van der Waals surface area contributed by atoms with E-state index < -0.39 is 0 Å². The second-order valence-electron chi connectivity index (χ2n) is 30.1. The maximum Gasteiger partial charge on any atom is 0.147 e. The van der Waals surface area contributed by atoms with Crippen molar-refractivity contribution in [1.82, 2.24) is 19.9 Å². The number of hydrogen-bond acceptors (Lipinski definition) is 16. The molecule has 1 aliphatic rings. The Kier molecular flexibility index (Phi) is 22.8. The highest BCUT2D eigenvalue weighted by Crippen LogP contribution is 2.57. The summed E-state index contributed by atoms with van der Waals surface area (Å²) in [6, 6.07) is 59.0. The SMILES string of the molecule is CC(C)(C)c1cc2c(OCCCOc3cccc4cccnc34)c(c1)Sc1cc(C(C)(C)C)cc(c1OCCCOc1cccc3cccnc13)Sc1cc(C(C)(C)C)cc(c1OCCCOc1cccc3cccnc13)Sc1cc(C(C)(C)C)cc(c1OCCCOc1cccc3cccnc13)S2. The zero-order valence-electron chi connectivity index (χ0n) is 61.6. The highest BCUT2D eigenvalue weighted by Gasteiger charge is 2.31. The second-order valence-corrected chi connectivity index (χ2v) is 34.5. The third-order valence-corrected chi connectivity index (χ3v) is 22.2. The summed E-state index contributed by atoms with van der Waals surface area (Å²) in [5.74, 6) is 6.03. The van der Waals surface area contributed by atoms with Crippen LogP contribution in [0, 0.1) is 0 Å². The van der Waals surface area contributed by atoms with E-state index in [0.717, 1.165) is 151 Å². The van der Waals surface area contributed by atoms with Gasteiger partial charge >= 0.3 is 0 Å². The second kappa shape index (κ2) is 32.3. The number of hydrogen-bond donors (Lipinski definition) is 0. The van der Waals surface area contributed by atoms with Gasteiger partial charge in [0.1, 0.15) is 68.1 Å². The third kappa shape index (κ3) is 17.8. The predicted octanol–water partition coefficient (Wildman–Crippen LogP) is 23.4. The zero-order chi connectivity index (χ0) is 72.6. The van der Waals surface area contributed by atoms with Gasteiger partial charge in [0.25, 0.3) is 0 Å². The summed E-state index contributed by atoms with van der Waals surface area (Å²) in [7, 11) is 0. The number of benzene rings is 8. The van der Waals surface area contributed by atoms with E-state index in [0.29, 0.717) is 78.5 Å². The first-order valence-corrected chi connectivity index (χ1v) is 39.2. The van der Waals surface area contributed by atoms with Crippen LogP contribution in [-0.2, 0) is 21.7 Å².